The fourth-order valence-electron chi connectivity index (χ4n) is 2.04. The minimum Gasteiger partial charge on any atom is -0.493 e. The van der Waals surface area contributed by atoms with Crippen LogP contribution < -0.4 is 19.5 Å². The van der Waals surface area contributed by atoms with Crippen molar-refractivity contribution < 1.29 is 14.2 Å². The van der Waals surface area contributed by atoms with Crippen LogP contribution in [0.15, 0.2) is 17.5 Å². The first-order valence-electron chi connectivity index (χ1n) is 6.58. The van der Waals surface area contributed by atoms with Gasteiger partial charge in [-0.05, 0) is 24.6 Å². The molecule has 0 bridgehead atoms. The zero-order valence-electron chi connectivity index (χ0n) is 12.7. The highest BCUT2D eigenvalue weighted by atomic mass is 32.1. The number of hydrogen-bond donors (Lipinski definition) is 1. The molecular formula is C15H20N2O3S. The molecule has 0 aliphatic carbocycles. The van der Waals surface area contributed by atoms with Crippen molar-refractivity contribution in [3.63, 3.8) is 0 Å². The second-order valence-corrected chi connectivity index (χ2v) is 5.46. The first kappa shape index (κ1) is 15.6. The average Bonchev–Trinajstić information content (AvgIpc) is 2.91. The molecule has 2 rings (SSSR count). The topological polar surface area (TPSA) is 52.6 Å². The number of nitrogens with one attached hydrogen (secondary N) is 1. The summed E-state index contributed by atoms with van der Waals surface area (Å²) in [5.41, 5.74) is 2.13. The molecule has 114 valence electrons. The molecule has 0 amide bonds. The third-order valence-corrected chi connectivity index (χ3v) is 3.96. The Morgan fingerprint density at radius 1 is 1.05 bits per heavy atom. The van der Waals surface area contributed by atoms with Crippen LogP contribution in [0.1, 0.15) is 16.3 Å². The lowest BCUT2D eigenvalue weighted by Crippen LogP contribution is -2.13. The van der Waals surface area contributed by atoms with Gasteiger partial charge in [-0.3, -0.25) is 0 Å². The molecule has 1 heterocycles. The maximum Gasteiger partial charge on any atom is 0.203 e. The summed E-state index contributed by atoms with van der Waals surface area (Å²) in [7, 11) is 4.84. The molecule has 6 heteroatoms. The second kappa shape index (κ2) is 7.28. The fraction of sp³-hybridized carbons (Fsp3) is 0.400. The first-order chi connectivity index (χ1) is 10.2. The number of hydrogen-bond acceptors (Lipinski definition) is 6. The lowest BCUT2D eigenvalue weighted by molar-refractivity contribution is 0.323. The predicted molar refractivity (Wildman–Crippen MR) is 83.5 cm³/mol. The van der Waals surface area contributed by atoms with Crippen LogP contribution in [0.4, 0.5) is 0 Å². The van der Waals surface area contributed by atoms with E-state index in [0.717, 1.165) is 22.8 Å². The zero-order chi connectivity index (χ0) is 15.2. The fourth-order valence-corrected chi connectivity index (χ4v) is 2.78. The summed E-state index contributed by atoms with van der Waals surface area (Å²) in [6.07, 6.45) is 0. The molecule has 0 saturated carbocycles. The summed E-state index contributed by atoms with van der Waals surface area (Å²) < 4.78 is 16.0. The van der Waals surface area contributed by atoms with Gasteiger partial charge in [0.15, 0.2) is 11.5 Å². The van der Waals surface area contributed by atoms with Gasteiger partial charge in [0, 0.05) is 24.2 Å². The number of benzene rings is 1. The van der Waals surface area contributed by atoms with Crippen LogP contribution in [-0.2, 0) is 13.1 Å². The van der Waals surface area contributed by atoms with Gasteiger partial charge in [0.25, 0.3) is 0 Å². The quantitative estimate of drug-likeness (QED) is 0.852. The third kappa shape index (κ3) is 3.86. The standard InChI is InChI=1S/C15H20N2O3S/c1-10-9-21-14(17-10)8-16-7-11-5-12(18-2)15(20-4)13(6-11)19-3/h5-6,9,16H,7-8H2,1-4H3. The van der Waals surface area contributed by atoms with E-state index >= 15 is 0 Å². The Bertz CT molecular complexity index is 573. The zero-order valence-corrected chi connectivity index (χ0v) is 13.5. The van der Waals surface area contributed by atoms with Gasteiger partial charge in [0.2, 0.25) is 5.75 Å². The summed E-state index contributed by atoms with van der Waals surface area (Å²) in [5.74, 6) is 1.94. The van der Waals surface area contributed by atoms with Crippen LogP contribution in [0.25, 0.3) is 0 Å². The molecule has 0 aliphatic heterocycles. The van der Waals surface area contributed by atoms with Crippen LogP contribution in [0, 0.1) is 6.92 Å². The molecule has 0 spiro atoms. The van der Waals surface area contributed by atoms with Gasteiger partial charge in [0.05, 0.1) is 21.3 Å². The molecule has 0 atom stereocenters. The van der Waals surface area contributed by atoms with E-state index in [9.17, 15) is 0 Å². The number of thiazole rings is 1. The Kier molecular flexibility index (Phi) is 5.41. The highest BCUT2D eigenvalue weighted by Crippen LogP contribution is 2.38. The van der Waals surface area contributed by atoms with Gasteiger partial charge in [-0.2, -0.15) is 0 Å². The molecule has 0 saturated heterocycles. The van der Waals surface area contributed by atoms with Gasteiger partial charge in [0.1, 0.15) is 5.01 Å². The van der Waals surface area contributed by atoms with Gasteiger partial charge in [-0.1, -0.05) is 0 Å². The summed E-state index contributed by atoms with van der Waals surface area (Å²) in [4.78, 5) is 4.42. The molecular weight excluding hydrogens is 288 g/mol. The van der Waals surface area contributed by atoms with Crippen molar-refractivity contribution in [3.05, 3.63) is 33.8 Å². The minimum atomic E-state index is 0.610. The molecule has 0 unspecified atom stereocenters. The lowest BCUT2D eigenvalue weighted by atomic mass is 10.2. The molecule has 2 aromatic rings. The molecule has 1 N–H and O–H groups in total. The first-order valence-corrected chi connectivity index (χ1v) is 7.46. The Labute approximate surface area is 128 Å². The van der Waals surface area contributed by atoms with E-state index in [1.807, 2.05) is 19.1 Å². The number of ether oxygens (including phenoxy) is 3. The smallest absolute Gasteiger partial charge is 0.203 e. The number of rotatable bonds is 7. The summed E-state index contributed by atoms with van der Waals surface area (Å²) >= 11 is 1.66. The van der Waals surface area contributed by atoms with Crippen molar-refractivity contribution in [2.24, 2.45) is 0 Å². The molecule has 0 fully saturated rings. The SMILES string of the molecule is COc1cc(CNCc2nc(C)cs2)cc(OC)c1OC. The van der Waals surface area contributed by atoms with Crippen molar-refractivity contribution in [1.29, 1.82) is 0 Å². The average molecular weight is 308 g/mol. The molecule has 0 radical (unpaired) electrons. The van der Waals surface area contributed by atoms with Crippen LogP contribution in [-0.4, -0.2) is 26.3 Å². The van der Waals surface area contributed by atoms with Crippen LogP contribution in [0.2, 0.25) is 0 Å². The van der Waals surface area contributed by atoms with E-state index in [4.69, 9.17) is 14.2 Å². The third-order valence-electron chi connectivity index (χ3n) is 3.00. The van der Waals surface area contributed by atoms with Crippen molar-refractivity contribution in [3.8, 4) is 17.2 Å². The van der Waals surface area contributed by atoms with Crippen molar-refractivity contribution in [2.45, 2.75) is 20.0 Å². The van der Waals surface area contributed by atoms with Gasteiger partial charge in [-0.25, -0.2) is 4.98 Å². The van der Waals surface area contributed by atoms with Crippen molar-refractivity contribution >= 4 is 11.3 Å². The summed E-state index contributed by atoms with van der Waals surface area (Å²) in [6.45, 7) is 3.45. The van der Waals surface area contributed by atoms with Crippen molar-refractivity contribution in [1.82, 2.24) is 10.3 Å². The van der Waals surface area contributed by atoms with E-state index in [0.29, 0.717) is 23.8 Å². The number of aryl methyl sites for hydroxylation is 1. The maximum absolute atomic E-state index is 5.34. The van der Waals surface area contributed by atoms with Gasteiger partial charge < -0.3 is 19.5 Å². The van der Waals surface area contributed by atoms with Crippen LogP contribution >= 0.6 is 11.3 Å². The van der Waals surface area contributed by atoms with Crippen LogP contribution in [0.5, 0.6) is 17.2 Å². The monoisotopic (exact) mass is 308 g/mol. The second-order valence-electron chi connectivity index (χ2n) is 4.52. The van der Waals surface area contributed by atoms with Gasteiger partial charge >= 0.3 is 0 Å². The molecule has 1 aromatic heterocycles. The van der Waals surface area contributed by atoms with E-state index in [1.54, 1.807) is 32.7 Å². The summed E-state index contributed by atoms with van der Waals surface area (Å²) in [6, 6.07) is 3.89. The van der Waals surface area contributed by atoms with Gasteiger partial charge in [-0.15, -0.1) is 11.3 Å². The highest BCUT2D eigenvalue weighted by Gasteiger charge is 2.12. The van der Waals surface area contributed by atoms with E-state index in [-0.39, 0.29) is 0 Å². The van der Waals surface area contributed by atoms with E-state index in [1.165, 1.54) is 0 Å². The summed E-state index contributed by atoms with van der Waals surface area (Å²) in [5, 5.41) is 6.50. The van der Waals surface area contributed by atoms with Crippen molar-refractivity contribution in [2.75, 3.05) is 21.3 Å². The molecule has 21 heavy (non-hydrogen) atoms. The Hall–Kier alpha value is -1.79. The Morgan fingerprint density at radius 3 is 2.19 bits per heavy atom. The Morgan fingerprint density at radius 2 is 1.71 bits per heavy atom. The van der Waals surface area contributed by atoms with Crippen LogP contribution in [0.3, 0.4) is 0 Å². The highest BCUT2D eigenvalue weighted by molar-refractivity contribution is 7.09. The van der Waals surface area contributed by atoms with E-state index in [2.05, 4.69) is 15.7 Å². The molecule has 5 nitrogen and oxygen atoms in total. The van der Waals surface area contributed by atoms with E-state index < -0.39 is 0 Å². The minimum absolute atomic E-state index is 0.610. The predicted octanol–water partition coefficient (Wildman–Crippen LogP) is 2.77. The number of methoxy groups -OCH3 is 3. The largest absolute Gasteiger partial charge is 0.493 e. The normalized spacial score (nSPS) is 10.5. The maximum atomic E-state index is 5.34. The number of nitrogens with zero attached hydrogens (tertiary/aromatic N) is 1. The number of aromatic nitrogens is 1. The molecule has 0 aliphatic rings. The molecule has 1 aromatic carbocycles. The Balaban J connectivity index is 2.05. The lowest BCUT2D eigenvalue weighted by Gasteiger charge is -2.14.